The van der Waals surface area contributed by atoms with Gasteiger partial charge in [-0.3, -0.25) is 4.79 Å². The Bertz CT molecular complexity index is 594. The van der Waals surface area contributed by atoms with Gasteiger partial charge in [-0.2, -0.15) is 0 Å². The van der Waals surface area contributed by atoms with E-state index in [0.29, 0.717) is 25.3 Å². The van der Waals surface area contributed by atoms with Gasteiger partial charge in [-0.25, -0.2) is 4.98 Å². The van der Waals surface area contributed by atoms with Crippen molar-refractivity contribution >= 4 is 5.91 Å². The van der Waals surface area contributed by atoms with Gasteiger partial charge in [-0.05, 0) is 45.3 Å². The second-order valence-electron chi connectivity index (χ2n) is 5.56. The highest BCUT2D eigenvalue weighted by atomic mass is 16.5. The molecule has 0 atom stereocenters. The van der Waals surface area contributed by atoms with Crippen LogP contribution in [-0.4, -0.2) is 59.5 Å². The lowest BCUT2D eigenvalue weighted by atomic mass is 10.2. The average molecular weight is 316 g/mol. The molecule has 0 saturated carbocycles. The summed E-state index contributed by atoms with van der Waals surface area (Å²) < 4.78 is 5.42. The highest BCUT2D eigenvalue weighted by Crippen LogP contribution is 2.15. The SMILES string of the molecule is CCOc1ccc(C(=O)N(CCN(C)C)Cc2cnc[nH]2)cc1. The lowest BCUT2D eigenvalue weighted by Gasteiger charge is -2.24. The van der Waals surface area contributed by atoms with Crippen molar-refractivity contribution in [1.29, 1.82) is 0 Å². The van der Waals surface area contributed by atoms with Crippen molar-refractivity contribution in [2.24, 2.45) is 0 Å². The first-order valence-electron chi connectivity index (χ1n) is 7.74. The van der Waals surface area contributed by atoms with Crippen LogP contribution in [0.15, 0.2) is 36.8 Å². The zero-order valence-corrected chi connectivity index (χ0v) is 14.0. The Labute approximate surface area is 137 Å². The number of carbonyl (C=O) groups is 1. The van der Waals surface area contributed by atoms with E-state index in [2.05, 4.69) is 14.9 Å². The maximum Gasteiger partial charge on any atom is 0.254 e. The summed E-state index contributed by atoms with van der Waals surface area (Å²) in [5.74, 6) is 0.780. The quantitative estimate of drug-likeness (QED) is 0.809. The van der Waals surface area contributed by atoms with E-state index in [1.54, 1.807) is 12.5 Å². The van der Waals surface area contributed by atoms with Gasteiger partial charge >= 0.3 is 0 Å². The summed E-state index contributed by atoms with van der Waals surface area (Å²) in [4.78, 5) is 23.7. The van der Waals surface area contributed by atoms with E-state index in [-0.39, 0.29) is 5.91 Å². The zero-order chi connectivity index (χ0) is 16.7. The van der Waals surface area contributed by atoms with E-state index in [4.69, 9.17) is 4.74 Å². The standard InChI is InChI=1S/C17H24N4O2/c1-4-23-16-7-5-14(6-8-16)17(22)21(10-9-20(2)3)12-15-11-18-13-19-15/h5-8,11,13H,4,9-10,12H2,1-3H3,(H,18,19). The Morgan fingerprint density at radius 2 is 1.96 bits per heavy atom. The number of likely N-dealkylation sites (N-methyl/N-ethyl adjacent to an activating group) is 1. The van der Waals surface area contributed by atoms with Crippen LogP contribution >= 0.6 is 0 Å². The van der Waals surface area contributed by atoms with Crippen LogP contribution in [0, 0.1) is 0 Å². The maximum atomic E-state index is 12.8. The summed E-state index contributed by atoms with van der Waals surface area (Å²) in [7, 11) is 3.99. The third-order valence-electron chi connectivity index (χ3n) is 3.43. The molecule has 1 aromatic heterocycles. The van der Waals surface area contributed by atoms with Gasteiger partial charge in [-0.1, -0.05) is 0 Å². The first-order valence-corrected chi connectivity index (χ1v) is 7.74. The Kier molecular flexibility index (Phi) is 6.17. The monoisotopic (exact) mass is 316 g/mol. The predicted octanol–water partition coefficient (Wildman–Crippen LogP) is 2.01. The smallest absolute Gasteiger partial charge is 0.254 e. The minimum Gasteiger partial charge on any atom is -0.494 e. The Morgan fingerprint density at radius 1 is 1.22 bits per heavy atom. The van der Waals surface area contributed by atoms with Gasteiger partial charge < -0.3 is 19.5 Å². The van der Waals surface area contributed by atoms with Gasteiger partial charge in [0.25, 0.3) is 5.91 Å². The number of aromatic amines is 1. The molecule has 23 heavy (non-hydrogen) atoms. The highest BCUT2D eigenvalue weighted by molar-refractivity contribution is 5.94. The molecule has 6 heteroatoms. The van der Waals surface area contributed by atoms with Crippen molar-refractivity contribution in [3.05, 3.63) is 48.0 Å². The molecule has 0 unspecified atom stereocenters. The maximum absolute atomic E-state index is 12.8. The number of imidazole rings is 1. The number of nitrogens with one attached hydrogen (secondary N) is 1. The van der Waals surface area contributed by atoms with Gasteiger partial charge in [0, 0.05) is 24.8 Å². The molecule has 0 spiro atoms. The van der Waals surface area contributed by atoms with E-state index < -0.39 is 0 Å². The van der Waals surface area contributed by atoms with Crippen LogP contribution in [0.2, 0.25) is 0 Å². The topological polar surface area (TPSA) is 61.5 Å². The van der Waals surface area contributed by atoms with E-state index in [0.717, 1.165) is 18.0 Å². The summed E-state index contributed by atoms with van der Waals surface area (Å²) in [6, 6.07) is 7.28. The lowest BCUT2D eigenvalue weighted by molar-refractivity contribution is 0.0730. The molecule has 1 aromatic carbocycles. The van der Waals surface area contributed by atoms with E-state index in [1.807, 2.05) is 50.2 Å². The fraction of sp³-hybridized carbons (Fsp3) is 0.412. The molecule has 0 bridgehead atoms. The highest BCUT2D eigenvalue weighted by Gasteiger charge is 2.17. The van der Waals surface area contributed by atoms with Crippen molar-refractivity contribution in [3.63, 3.8) is 0 Å². The van der Waals surface area contributed by atoms with E-state index in [9.17, 15) is 4.79 Å². The van der Waals surface area contributed by atoms with Crippen molar-refractivity contribution < 1.29 is 9.53 Å². The van der Waals surface area contributed by atoms with Gasteiger partial charge in [0.2, 0.25) is 0 Å². The van der Waals surface area contributed by atoms with Crippen LogP contribution in [0.4, 0.5) is 0 Å². The molecule has 0 radical (unpaired) electrons. The number of ether oxygens (including phenoxy) is 1. The fourth-order valence-corrected chi connectivity index (χ4v) is 2.19. The average Bonchev–Trinajstić information content (AvgIpc) is 3.05. The van der Waals surface area contributed by atoms with Gasteiger partial charge in [-0.15, -0.1) is 0 Å². The molecule has 124 valence electrons. The van der Waals surface area contributed by atoms with Crippen LogP contribution in [0.1, 0.15) is 23.0 Å². The van der Waals surface area contributed by atoms with Crippen molar-refractivity contribution in [1.82, 2.24) is 19.8 Å². The van der Waals surface area contributed by atoms with Gasteiger partial charge in [0.05, 0.1) is 25.2 Å². The molecule has 0 saturated heterocycles. The summed E-state index contributed by atoms with van der Waals surface area (Å²) in [6.45, 7) is 4.52. The Balaban J connectivity index is 2.10. The molecule has 0 aliphatic heterocycles. The van der Waals surface area contributed by atoms with Gasteiger partial charge in [0.15, 0.2) is 0 Å². The number of aromatic nitrogens is 2. The molecular formula is C17H24N4O2. The molecule has 0 aliphatic carbocycles. The van der Waals surface area contributed by atoms with Crippen molar-refractivity contribution in [2.45, 2.75) is 13.5 Å². The van der Waals surface area contributed by atoms with Crippen LogP contribution in [-0.2, 0) is 6.54 Å². The van der Waals surface area contributed by atoms with Crippen LogP contribution < -0.4 is 4.74 Å². The van der Waals surface area contributed by atoms with E-state index >= 15 is 0 Å². The summed E-state index contributed by atoms with van der Waals surface area (Å²) in [6.07, 6.45) is 3.37. The molecule has 0 aliphatic rings. The number of H-pyrrole nitrogens is 1. The molecule has 1 N–H and O–H groups in total. The number of carbonyl (C=O) groups excluding carboxylic acids is 1. The van der Waals surface area contributed by atoms with Crippen molar-refractivity contribution in [3.8, 4) is 5.75 Å². The van der Waals surface area contributed by atoms with Crippen LogP contribution in [0.25, 0.3) is 0 Å². The number of hydrogen-bond donors (Lipinski definition) is 1. The van der Waals surface area contributed by atoms with Crippen molar-refractivity contribution in [2.75, 3.05) is 33.8 Å². The summed E-state index contributed by atoms with van der Waals surface area (Å²) >= 11 is 0. The molecule has 0 fully saturated rings. The molecule has 6 nitrogen and oxygen atoms in total. The number of nitrogens with zero attached hydrogens (tertiary/aromatic N) is 3. The second kappa shape index (κ2) is 8.33. The number of benzene rings is 1. The fourth-order valence-electron chi connectivity index (χ4n) is 2.19. The molecule has 1 heterocycles. The molecule has 2 aromatic rings. The largest absolute Gasteiger partial charge is 0.494 e. The number of rotatable bonds is 8. The Morgan fingerprint density at radius 3 is 2.52 bits per heavy atom. The second-order valence-corrected chi connectivity index (χ2v) is 5.56. The molecular weight excluding hydrogens is 292 g/mol. The third kappa shape index (κ3) is 5.10. The van der Waals surface area contributed by atoms with Crippen LogP contribution in [0.5, 0.6) is 5.75 Å². The third-order valence-corrected chi connectivity index (χ3v) is 3.43. The van der Waals surface area contributed by atoms with Gasteiger partial charge in [0.1, 0.15) is 5.75 Å². The summed E-state index contributed by atoms with van der Waals surface area (Å²) in [5.41, 5.74) is 1.58. The molecule has 1 amide bonds. The number of hydrogen-bond acceptors (Lipinski definition) is 4. The normalized spacial score (nSPS) is 10.8. The van der Waals surface area contributed by atoms with E-state index in [1.165, 1.54) is 0 Å². The first-order chi connectivity index (χ1) is 11.1. The minimum atomic E-state index is 0.00417. The predicted molar refractivity (Wildman–Crippen MR) is 89.5 cm³/mol. The summed E-state index contributed by atoms with van der Waals surface area (Å²) in [5, 5.41) is 0. The Hall–Kier alpha value is -2.34. The molecule has 2 rings (SSSR count). The first kappa shape index (κ1) is 17.0. The van der Waals surface area contributed by atoms with Crippen LogP contribution in [0.3, 0.4) is 0 Å². The number of amides is 1. The lowest BCUT2D eigenvalue weighted by Crippen LogP contribution is -2.36. The zero-order valence-electron chi connectivity index (χ0n) is 14.0. The minimum absolute atomic E-state index is 0.00417.